The van der Waals surface area contributed by atoms with Crippen LogP contribution in [0.4, 0.5) is 0 Å². The number of carbonyl (C=O) groups is 1. The summed E-state index contributed by atoms with van der Waals surface area (Å²) in [6.45, 7) is 3.87. The Morgan fingerprint density at radius 3 is 3.08 bits per heavy atom. The number of aromatic nitrogens is 3. The van der Waals surface area contributed by atoms with Crippen molar-refractivity contribution < 1.29 is 9.53 Å². The minimum atomic E-state index is 0.0119. The first-order chi connectivity index (χ1) is 11.8. The Bertz CT molecular complexity index is 676. The molecule has 2 atom stereocenters. The van der Waals surface area contributed by atoms with Gasteiger partial charge in [-0.25, -0.2) is 0 Å². The molecular weight excluding hydrogens is 306 g/mol. The number of fused-ring (bicyclic) bond motifs is 1. The molecule has 2 saturated heterocycles. The molecule has 0 saturated carbocycles. The van der Waals surface area contributed by atoms with E-state index in [-0.39, 0.29) is 18.1 Å². The van der Waals surface area contributed by atoms with Gasteiger partial charge in [-0.05, 0) is 24.1 Å². The summed E-state index contributed by atoms with van der Waals surface area (Å²) in [5.41, 5.74) is 1.74. The van der Waals surface area contributed by atoms with E-state index in [4.69, 9.17) is 4.74 Å². The second kappa shape index (κ2) is 6.70. The number of piperidine rings is 1. The van der Waals surface area contributed by atoms with E-state index in [9.17, 15) is 4.79 Å². The SMILES string of the molecule is O=C(c1ccn[nH]1)N1CC[C@@H]2OCCN(Cc3cccnc3)[C@H]2C1. The molecule has 0 aliphatic carbocycles. The highest BCUT2D eigenvalue weighted by atomic mass is 16.5. The first-order valence-corrected chi connectivity index (χ1v) is 8.34. The third kappa shape index (κ3) is 3.05. The van der Waals surface area contributed by atoms with Crippen LogP contribution in [0.1, 0.15) is 22.5 Å². The molecule has 7 heteroatoms. The summed E-state index contributed by atoms with van der Waals surface area (Å²) in [7, 11) is 0. The summed E-state index contributed by atoms with van der Waals surface area (Å²) >= 11 is 0. The van der Waals surface area contributed by atoms with Crippen LogP contribution in [0.2, 0.25) is 0 Å². The van der Waals surface area contributed by atoms with Gasteiger partial charge in [0, 0.05) is 44.8 Å². The molecule has 2 aromatic rings. The van der Waals surface area contributed by atoms with Crippen molar-refractivity contribution in [2.45, 2.75) is 25.1 Å². The molecule has 0 unspecified atom stereocenters. The molecule has 0 radical (unpaired) electrons. The highest BCUT2D eigenvalue weighted by molar-refractivity contribution is 5.92. The molecule has 24 heavy (non-hydrogen) atoms. The van der Waals surface area contributed by atoms with Crippen molar-refractivity contribution in [2.75, 3.05) is 26.2 Å². The van der Waals surface area contributed by atoms with Crippen LogP contribution in [0.5, 0.6) is 0 Å². The van der Waals surface area contributed by atoms with Crippen LogP contribution >= 0.6 is 0 Å². The largest absolute Gasteiger partial charge is 0.375 e. The summed E-state index contributed by atoms with van der Waals surface area (Å²) in [6.07, 6.45) is 6.37. The maximum atomic E-state index is 12.6. The topological polar surface area (TPSA) is 74.3 Å². The Morgan fingerprint density at radius 1 is 1.33 bits per heavy atom. The Labute approximate surface area is 140 Å². The molecule has 126 valence electrons. The molecule has 2 aromatic heterocycles. The molecular formula is C17H21N5O2. The Balaban J connectivity index is 1.48. The van der Waals surface area contributed by atoms with Gasteiger partial charge in [0.15, 0.2) is 0 Å². The summed E-state index contributed by atoms with van der Waals surface area (Å²) in [5.74, 6) is 0.0119. The molecule has 1 amide bonds. The van der Waals surface area contributed by atoms with Gasteiger partial charge in [0.25, 0.3) is 5.91 Å². The number of likely N-dealkylation sites (tertiary alicyclic amines) is 1. The number of ether oxygens (including phenoxy) is 1. The maximum Gasteiger partial charge on any atom is 0.271 e. The van der Waals surface area contributed by atoms with Crippen LogP contribution in [-0.4, -0.2) is 69.3 Å². The molecule has 0 aromatic carbocycles. The zero-order valence-corrected chi connectivity index (χ0v) is 13.5. The van der Waals surface area contributed by atoms with E-state index in [1.165, 1.54) is 5.56 Å². The fraction of sp³-hybridized carbons (Fsp3) is 0.471. The summed E-state index contributed by atoms with van der Waals surface area (Å²) < 4.78 is 5.95. The maximum absolute atomic E-state index is 12.6. The van der Waals surface area contributed by atoms with Crippen molar-refractivity contribution in [2.24, 2.45) is 0 Å². The van der Waals surface area contributed by atoms with Crippen LogP contribution in [0.25, 0.3) is 0 Å². The van der Waals surface area contributed by atoms with Crippen LogP contribution in [0.15, 0.2) is 36.8 Å². The number of carbonyl (C=O) groups excluding carboxylic acids is 1. The van der Waals surface area contributed by atoms with Gasteiger partial charge in [0.1, 0.15) is 5.69 Å². The first-order valence-electron chi connectivity index (χ1n) is 8.34. The number of morpholine rings is 1. The van der Waals surface area contributed by atoms with E-state index < -0.39 is 0 Å². The molecule has 4 rings (SSSR count). The predicted molar refractivity (Wildman–Crippen MR) is 87.3 cm³/mol. The van der Waals surface area contributed by atoms with Gasteiger partial charge in [-0.2, -0.15) is 5.10 Å². The molecule has 0 spiro atoms. The second-order valence-corrected chi connectivity index (χ2v) is 6.32. The van der Waals surface area contributed by atoms with E-state index in [2.05, 4.69) is 26.1 Å². The van der Waals surface area contributed by atoms with Gasteiger partial charge < -0.3 is 9.64 Å². The summed E-state index contributed by atoms with van der Waals surface area (Å²) in [6, 6.07) is 5.99. The fourth-order valence-corrected chi connectivity index (χ4v) is 3.59. The normalized spacial score (nSPS) is 24.6. The van der Waals surface area contributed by atoms with E-state index in [0.29, 0.717) is 12.2 Å². The highest BCUT2D eigenvalue weighted by Crippen LogP contribution is 2.25. The molecule has 2 fully saturated rings. The average molecular weight is 327 g/mol. The number of hydrogen-bond acceptors (Lipinski definition) is 5. The number of aromatic amines is 1. The fourth-order valence-electron chi connectivity index (χ4n) is 3.59. The highest BCUT2D eigenvalue weighted by Gasteiger charge is 2.38. The van der Waals surface area contributed by atoms with Gasteiger partial charge in [0.2, 0.25) is 0 Å². The quantitative estimate of drug-likeness (QED) is 0.907. The third-order valence-electron chi connectivity index (χ3n) is 4.83. The lowest BCUT2D eigenvalue weighted by molar-refractivity contribution is -0.101. The number of pyridine rings is 1. The smallest absolute Gasteiger partial charge is 0.271 e. The third-order valence-corrected chi connectivity index (χ3v) is 4.83. The van der Waals surface area contributed by atoms with Crippen LogP contribution in [0, 0.1) is 0 Å². The van der Waals surface area contributed by atoms with Crippen LogP contribution in [-0.2, 0) is 11.3 Å². The lowest BCUT2D eigenvalue weighted by Gasteiger charge is -2.47. The summed E-state index contributed by atoms with van der Waals surface area (Å²) in [4.78, 5) is 21.1. The van der Waals surface area contributed by atoms with E-state index in [0.717, 1.165) is 32.7 Å². The van der Waals surface area contributed by atoms with Crippen molar-refractivity contribution in [1.82, 2.24) is 25.0 Å². The number of H-pyrrole nitrogens is 1. The number of hydrogen-bond donors (Lipinski definition) is 1. The Morgan fingerprint density at radius 2 is 2.29 bits per heavy atom. The van der Waals surface area contributed by atoms with Crippen molar-refractivity contribution in [3.8, 4) is 0 Å². The van der Waals surface area contributed by atoms with Crippen molar-refractivity contribution in [3.05, 3.63) is 48.0 Å². The standard InChI is InChI=1S/C17H21N5O2/c23-17(14-3-6-19-20-14)22-7-4-16-15(12-22)21(8-9-24-16)11-13-2-1-5-18-10-13/h1-3,5-6,10,15-16H,4,7-9,11-12H2,(H,19,20)/t15-,16-/m0/s1. The molecule has 7 nitrogen and oxygen atoms in total. The van der Waals surface area contributed by atoms with Crippen molar-refractivity contribution in [1.29, 1.82) is 0 Å². The van der Waals surface area contributed by atoms with Crippen LogP contribution in [0.3, 0.4) is 0 Å². The molecule has 0 bridgehead atoms. The number of nitrogens with zero attached hydrogens (tertiary/aromatic N) is 4. The molecule has 2 aliphatic heterocycles. The Hall–Kier alpha value is -2.25. The summed E-state index contributed by atoms with van der Waals surface area (Å²) in [5, 5.41) is 6.64. The molecule has 4 heterocycles. The van der Waals surface area contributed by atoms with Gasteiger partial charge in [-0.3, -0.25) is 19.8 Å². The lowest BCUT2D eigenvalue weighted by atomic mass is 9.98. The number of nitrogens with one attached hydrogen (secondary N) is 1. The van der Waals surface area contributed by atoms with Gasteiger partial charge in [0.05, 0.1) is 18.8 Å². The minimum absolute atomic E-state index is 0.0119. The van der Waals surface area contributed by atoms with Gasteiger partial charge in [-0.1, -0.05) is 6.07 Å². The monoisotopic (exact) mass is 327 g/mol. The van der Waals surface area contributed by atoms with Crippen molar-refractivity contribution >= 4 is 5.91 Å². The van der Waals surface area contributed by atoms with Crippen molar-refractivity contribution in [3.63, 3.8) is 0 Å². The molecule has 2 aliphatic rings. The lowest BCUT2D eigenvalue weighted by Crippen LogP contribution is -2.60. The minimum Gasteiger partial charge on any atom is -0.375 e. The van der Waals surface area contributed by atoms with E-state index >= 15 is 0 Å². The zero-order valence-electron chi connectivity index (χ0n) is 13.5. The molecule has 1 N–H and O–H groups in total. The average Bonchev–Trinajstić information content (AvgIpc) is 3.17. The van der Waals surface area contributed by atoms with Crippen LogP contribution < -0.4 is 0 Å². The van der Waals surface area contributed by atoms with Gasteiger partial charge >= 0.3 is 0 Å². The number of rotatable bonds is 3. The van der Waals surface area contributed by atoms with E-state index in [1.54, 1.807) is 18.5 Å². The van der Waals surface area contributed by atoms with E-state index in [1.807, 2.05) is 17.2 Å². The first kappa shape index (κ1) is 15.3. The predicted octanol–water partition coefficient (Wildman–Crippen LogP) is 0.920. The second-order valence-electron chi connectivity index (χ2n) is 6.32. The Kier molecular flexibility index (Phi) is 4.27. The zero-order chi connectivity index (χ0) is 16.4. The number of amides is 1. The van der Waals surface area contributed by atoms with Gasteiger partial charge in [-0.15, -0.1) is 0 Å².